The minimum atomic E-state index is -0.410. The maximum absolute atomic E-state index is 9.69. The zero-order valence-electron chi connectivity index (χ0n) is 19.2. The fraction of sp³-hybridized carbons (Fsp3) is 0.560. The number of nitriles is 1. The summed E-state index contributed by atoms with van der Waals surface area (Å²) in [7, 11) is 0. The van der Waals surface area contributed by atoms with E-state index in [1.807, 2.05) is 24.3 Å². The van der Waals surface area contributed by atoms with E-state index in [0.717, 1.165) is 55.1 Å². The molecular weight excluding hydrogens is 436 g/mol. The summed E-state index contributed by atoms with van der Waals surface area (Å²) in [6.45, 7) is 4.99. The average Bonchev–Trinajstić information content (AvgIpc) is 2.86. The first kappa shape index (κ1) is 23.7. The van der Waals surface area contributed by atoms with Gasteiger partial charge in [0.05, 0.1) is 22.2 Å². The molecule has 0 spiro atoms. The van der Waals surface area contributed by atoms with Crippen LogP contribution in [0.15, 0.2) is 30.5 Å². The molecule has 176 valence electrons. The van der Waals surface area contributed by atoms with E-state index in [4.69, 9.17) is 21.3 Å². The van der Waals surface area contributed by atoms with Crippen molar-refractivity contribution in [1.82, 2.24) is 15.3 Å². The minimum absolute atomic E-state index is 0.410. The molecule has 0 unspecified atom stereocenters. The average molecular weight is 469 g/mol. The van der Waals surface area contributed by atoms with E-state index in [0.29, 0.717) is 36.9 Å². The van der Waals surface area contributed by atoms with Crippen molar-refractivity contribution in [1.29, 1.82) is 5.26 Å². The summed E-state index contributed by atoms with van der Waals surface area (Å²) in [5.74, 6) is 1.56. The van der Waals surface area contributed by atoms with E-state index in [1.165, 1.54) is 12.8 Å². The van der Waals surface area contributed by atoms with Crippen molar-refractivity contribution in [3.8, 4) is 17.3 Å². The van der Waals surface area contributed by atoms with Gasteiger partial charge in [-0.25, -0.2) is 9.97 Å². The first-order valence-corrected chi connectivity index (χ1v) is 12.3. The molecule has 2 aromatic heterocycles. The number of pyridine rings is 2. The lowest BCUT2D eigenvalue weighted by molar-refractivity contribution is 0.0455. The Morgan fingerprint density at radius 2 is 1.91 bits per heavy atom. The summed E-state index contributed by atoms with van der Waals surface area (Å²) in [6, 6.07) is 11.4. The van der Waals surface area contributed by atoms with Crippen LogP contribution in [-0.4, -0.2) is 48.4 Å². The first-order chi connectivity index (χ1) is 16.1. The molecule has 2 aliphatic rings. The van der Waals surface area contributed by atoms with E-state index < -0.39 is 5.41 Å². The van der Waals surface area contributed by atoms with Gasteiger partial charge in [0.2, 0.25) is 0 Å². The van der Waals surface area contributed by atoms with Crippen molar-refractivity contribution in [2.45, 2.75) is 57.5 Å². The predicted octanol–water partition coefficient (Wildman–Crippen LogP) is 4.86. The van der Waals surface area contributed by atoms with Crippen LogP contribution in [-0.2, 0) is 4.74 Å². The zero-order chi connectivity index (χ0) is 23.1. The second-order valence-electron chi connectivity index (χ2n) is 9.07. The van der Waals surface area contributed by atoms with Gasteiger partial charge in [-0.2, -0.15) is 5.26 Å². The van der Waals surface area contributed by atoms with Crippen LogP contribution in [0.2, 0.25) is 5.02 Å². The molecule has 4 rings (SSSR count). The number of rotatable bonds is 8. The molecule has 8 heteroatoms. The van der Waals surface area contributed by atoms with Gasteiger partial charge in [0.25, 0.3) is 0 Å². The van der Waals surface area contributed by atoms with Crippen LogP contribution in [0.25, 0.3) is 11.3 Å². The number of nitrogens with zero attached hydrogens (tertiary/aromatic N) is 3. The number of halogens is 1. The fourth-order valence-electron chi connectivity index (χ4n) is 4.69. The molecule has 3 heterocycles. The second kappa shape index (κ2) is 11.1. The lowest BCUT2D eigenvalue weighted by Crippen LogP contribution is -2.36. The summed E-state index contributed by atoms with van der Waals surface area (Å²) in [5, 5.41) is 20.8. The molecule has 2 fully saturated rings. The van der Waals surface area contributed by atoms with E-state index in [-0.39, 0.29) is 0 Å². The summed E-state index contributed by atoms with van der Waals surface area (Å²) in [6.07, 6.45) is 7.77. The van der Waals surface area contributed by atoms with Crippen molar-refractivity contribution in [3.05, 3.63) is 35.5 Å². The third-order valence-corrected chi connectivity index (χ3v) is 7.05. The Balaban J connectivity index is 1.43. The first-order valence-electron chi connectivity index (χ1n) is 12.0. The SMILES string of the molecule is CCNC1CCC(Nc2cc(-c3cccc(NCC4(C#N)CCOCC4)n3)c(Cl)cn2)CC1. The predicted molar refractivity (Wildman–Crippen MR) is 132 cm³/mol. The topological polar surface area (TPSA) is 94.9 Å². The van der Waals surface area contributed by atoms with Gasteiger partial charge in [-0.1, -0.05) is 24.6 Å². The van der Waals surface area contributed by atoms with E-state index >= 15 is 0 Å². The Kier molecular flexibility index (Phi) is 8.02. The fourth-order valence-corrected chi connectivity index (χ4v) is 4.89. The summed E-state index contributed by atoms with van der Waals surface area (Å²) in [5.41, 5.74) is 1.22. The third kappa shape index (κ3) is 6.14. The van der Waals surface area contributed by atoms with Crippen LogP contribution in [0.1, 0.15) is 45.4 Å². The summed E-state index contributed by atoms with van der Waals surface area (Å²) < 4.78 is 5.43. The highest BCUT2D eigenvalue weighted by Gasteiger charge is 2.32. The van der Waals surface area contributed by atoms with Crippen LogP contribution < -0.4 is 16.0 Å². The number of nitrogens with one attached hydrogen (secondary N) is 3. The number of hydrogen-bond donors (Lipinski definition) is 3. The highest BCUT2D eigenvalue weighted by molar-refractivity contribution is 6.33. The molecule has 0 amide bonds. The van der Waals surface area contributed by atoms with Gasteiger partial charge in [-0.15, -0.1) is 0 Å². The quantitative estimate of drug-likeness (QED) is 0.509. The maximum atomic E-state index is 9.69. The van der Waals surface area contributed by atoms with Gasteiger partial charge in [0.15, 0.2) is 0 Å². The van der Waals surface area contributed by atoms with Gasteiger partial charge in [-0.05, 0) is 63.3 Å². The second-order valence-corrected chi connectivity index (χ2v) is 9.47. The van der Waals surface area contributed by atoms with E-state index in [2.05, 4.69) is 33.9 Å². The van der Waals surface area contributed by atoms with Gasteiger partial charge in [0.1, 0.15) is 11.6 Å². The lowest BCUT2D eigenvalue weighted by Gasteiger charge is -2.30. The standard InChI is InChI=1S/C25H33ClN6O/c1-2-28-18-6-8-19(9-7-18)31-24-14-20(21(26)15-29-24)22-4-3-5-23(32-22)30-17-25(16-27)10-12-33-13-11-25/h3-5,14-15,18-19,28H,2,6-13,17H2,1H3,(H,29,31)(H,30,32). The maximum Gasteiger partial charge on any atom is 0.126 e. The molecule has 1 aliphatic heterocycles. The molecule has 33 heavy (non-hydrogen) atoms. The molecule has 3 N–H and O–H groups in total. The molecule has 0 bridgehead atoms. The highest BCUT2D eigenvalue weighted by Crippen LogP contribution is 2.32. The van der Waals surface area contributed by atoms with Crippen molar-refractivity contribution in [2.24, 2.45) is 5.41 Å². The Bertz CT molecular complexity index is 964. The molecule has 7 nitrogen and oxygen atoms in total. The Hall–Kier alpha value is -2.40. The number of hydrogen-bond acceptors (Lipinski definition) is 7. The van der Waals surface area contributed by atoms with Crippen LogP contribution in [0, 0.1) is 16.7 Å². The van der Waals surface area contributed by atoms with E-state index in [9.17, 15) is 5.26 Å². The van der Waals surface area contributed by atoms with Crippen LogP contribution >= 0.6 is 11.6 Å². The van der Waals surface area contributed by atoms with Gasteiger partial charge in [-0.3, -0.25) is 0 Å². The molecule has 0 atom stereocenters. The highest BCUT2D eigenvalue weighted by atomic mass is 35.5. The zero-order valence-corrected chi connectivity index (χ0v) is 20.0. The third-order valence-electron chi connectivity index (χ3n) is 6.75. The Morgan fingerprint density at radius 3 is 2.64 bits per heavy atom. The molecule has 1 aliphatic carbocycles. The lowest BCUT2D eigenvalue weighted by atomic mass is 9.82. The monoisotopic (exact) mass is 468 g/mol. The van der Waals surface area contributed by atoms with Crippen molar-refractivity contribution in [2.75, 3.05) is 36.9 Å². The van der Waals surface area contributed by atoms with Gasteiger partial charge < -0.3 is 20.7 Å². The summed E-state index contributed by atoms with van der Waals surface area (Å²) >= 11 is 6.51. The molecule has 0 aromatic carbocycles. The molecule has 2 aromatic rings. The Labute approximate surface area is 201 Å². The van der Waals surface area contributed by atoms with Crippen LogP contribution in [0.5, 0.6) is 0 Å². The normalized spacial score (nSPS) is 22.3. The summed E-state index contributed by atoms with van der Waals surface area (Å²) in [4.78, 5) is 9.28. The van der Waals surface area contributed by atoms with Crippen LogP contribution in [0.3, 0.4) is 0 Å². The van der Waals surface area contributed by atoms with Crippen molar-refractivity contribution in [3.63, 3.8) is 0 Å². The van der Waals surface area contributed by atoms with Crippen molar-refractivity contribution < 1.29 is 4.74 Å². The number of ether oxygens (including phenoxy) is 1. The Morgan fingerprint density at radius 1 is 1.15 bits per heavy atom. The number of anilines is 2. The minimum Gasteiger partial charge on any atom is -0.381 e. The van der Waals surface area contributed by atoms with E-state index in [1.54, 1.807) is 6.20 Å². The van der Waals surface area contributed by atoms with Gasteiger partial charge >= 0.3 is 0 Å². The molecular formula is C25H33ClN6O. The van der Waals surface area contributed by atoms with Crippen LogP contribution in [0.4, 0.5) is 11.6 Å². The largest absolute Gasteiger partial charge is 0.381 e. The number of aromatic nitrogens is 2. The van der Waals surface area contributed by atoms with Gasteiger partial charge in [0, 0.05) is 43.6 Å². The smallest absolute Gasteiger partial charge is 0.126 e. The molecule has 1 saturated carbocycles. The van der Waals surface area contributed by atoms with Crippen molar-refractivity contribution >= 4 is 23.2 Å². The molecule has 1 saturated heterocycles. The molecule has 0 radical (unpaired) electrons.